The van der Waals surface area contributed by atoms with E-state index < -0.39 is 0 Å². The van der Waals surface area contributed by atoms with Crippen LogP contribution in [0.1, 0.15) is 0 Å². The van der Waals surface area contributed by atoms with Crippen molar-refractivity contribution in [1.82, 2.24) is 15.0 Å². The molecule has 2 heterocycles. The van der Waals surface area contributed by atoms with Crippen LogP contribution in [-0.4, -0.2) is 15.0 Å². The van der Waals surface area contributed by atoms with Gasteiger partial charge in [-0.2, -0.15) is 0 Å². The second-order valence-electron chi connectivity index (χ2n) is 3.82. The third-order valence-electron chi connectivity index (χ3n) is 2.66. The van der Waals surface area contributed by atoms with Gasteiger partial charge in [-0.25, -0.2) is 4.79 Å². The van der Waals surface area contributed by atoms with Crippen LogP contribution in [0.3, 0.4) is 0 Å². The van der Waals surface area contributed by atoms with Crippen LogP contribution in [0, 0.1) is 0 Å². The number of aromatic amines is 2. The predicted octanol–water partition coefficient (Wildman–Crippen LogP) is 3.23. The summed E-state index contributed by atoms with van der Waals surface area (Å²) < 4.78 is 0. The summed E-state index contributed by atoms with van der Waals surface area (Å²) in [6.07, 6.45) is 3.07. The molecule has 2 N–H and O–H groups in total. The molecule has 0 saturated heterocycles. The number of benzene rings is 1. The molecule has 6 heteroatoms. The SMILES string of the molecule is O=c1[nH]c2ccc(-c3c(Cl)cncc3Cl)cc2[nH]1. The lowest BCUT2D eigenvalue weighted by molar-refractivity contribution is 1.22. The number of H-pyrrole nitrogens is 2. The predicted molar refractivity (Wildman–Crippen MR) is 72.2 cm³/mol. The summed E-state index contributed by atoms with van der Waals surface area (Å²) in [7, 11) is 0. The van der Waals surface area contributed by atoms with Gasteiger partial charge in [-0.15, -0.1) is 0 Å². The average Bonchev–Trinajstić information content (AvgIpc) is 2.68. The largest absolute Gasteiger partial charge is 0.323 e. The van der Waals surface area contributed by atoms with Crippen molar-refractivity contribution in [3.63, 3.8) is 0 Å². The van der Waals surface area contributed by atoms with Crippen LogP contribution in [0.25, 0.3) is 22.2 Å². The van der Waals surface area contributed by atoms with Crippen molar-refractivity contribution in [2.75, 3.05) is 0 Å². The van der Waals surface area contributed by atoms with E-state index in [0.29, 0.717) is 21.1 Å². The monoisotopic (exact) mass is 279 g/mol. The molecule has 0 spiro atoms. The number of rotatable bonds is 1. The van der Waals surface area contributed by atoms with Gasteiger partial charge in [0.05, 0.1) is 21.1 Å². The number of nitrogens with zero attached hydrogens (tertiary/aromatic N) is 1. The standard InChI is InChI=1S/C12H7Cl2N3O/c13-7-4-15-5-8(14)11(7)6-1-2-9-10(3-6)17-12(18)16-9/h1-5H,(H2,16,17,18). The minimum Gasteiger partial charge on any atom is -0.306 e. The molecule has 0 aliphatic heterocycles. The fraction of sp³-hybridized carbons (Fsp3) is 0. The van der Waals surface area contributed by atoms with Gasteiger partial charge in [0.15, 0.2) is 0 Å². The number of fused-ring (bicyclic) bond motifs is 1. The van der Waals surface area contributed by atoms with Crippen molar-refractivity contribution in [3.05, 3.63) is 51.1 Å². The van der Waals surface area contributed by atoms with E-state index in [1.54, 1.807) is 6.07 Å². The van der Waals surface area contributed by atoms with Crippen LogP contribution in [0.2, 0.25) is 10.0 Å². The summed E-state index contributed by atoms with van der Waals surface area (Å²) in [6.45, 7) is 0. The average molecular weight is 280 g/mol. The molecule has 0 aliphatic rings. The first-order valence-corrected chi connectivity index (χ1v) is 5.92. The molecule has 3 rings (SSSR count). The van der Waals surface area contributed by atoms with E-state index in [4.69, 9.17) is 23.2 Å². The maximum atomic E-state index is 11.2. The molecule has 2 aromatic heterocycles. The van der Waals surface area contributed by atoms with E-state index >= 15 is 0 Å². The molecule has 0 saturated carbocycles. The summed E-state index contributed by atoms with van der Waals surface area (Å²) in [5, 5.41) is 0.944. The smallest absolute Gasteiger partial charge is 0.306 e. The molecular formula is C12H7Cl2N3O. The van der Waals surface area contributed by atoms with Crippen molar-refractivity contribution < 1.29 is 0 Å². The van der Waals surface area contributed by atoms with E-state index in [1.165, 1.54) is 12.4 Å². The Morgan fingerprint density at radius 2 is 1.67 bits per heavy atom. The van der Waals surface area contributed by atoms with Crippen molar-refractivity contribution in [2.45, 2.75) is 0 Å². The zero-order valence-electron chi connectivity index (χ0n) is 9.00. The van der Waals surface area contributed by atoms with E-state index in [1.807, 2.05) is 12.1 Å². The quantitative estimate of drug-likeness (QED) is 0.718. The highest BCUT2D eigenvalue weighted by Gasteiger charge is 2.10. The summed E-state index contributed by atoms with van der Waals surface area (Å²) in [6, 6.07) is 5.47. The van der Waals surface area contributed by atoms with Gasteiger partial charge in [-0.3, -0.25) is 4.98 Å². The van der Waals surface area contributed by atoms with E-state index in [-0.39, 0.29) is 5.69 Å². The second-order valence-corrected chi connectivity index (χ2v) is 4.63. The molecule has 0 amide bonds. The Morgan fingerprint density at radius 3 is 2.39 bits per heavy atom. The van der Waals surface area contributed by atoms with Crippen molar-refractivity contribution >= 4 is 34.2 Å². The molecule has 0 fully saturated rings. The summed E-state index contributed by atoms with van der Waals surface area (Å²) in [5.41, 5.74) is 2.74. The second kappa shape index (κ2) is 4.15. The summed E-state index contributed by atoms with van der Waals surface area (Å²) >= 11 is 12.2. The van der Waals surface area contributed by atoms with E-state index in [2.05, 4.69) is 15.0 Å². The number of halogens is 2. The van der Waals surface area contributed by atoms with Gasteiger partial charge >= 0.3 is 5.69 Å². The molecule has 3 aromatic rings. The fourth-order valence-electron chi connectivity index (χ4n) is 1.88. The highest BCUT2D eigenvalue weighted by Crippen LogP contribution is 2.34. The lowest BCUT2D eigenvalue weighted by Gasteiger charge is -2.06. The number of hydrogen-bond donors (Lipinski definition) is 2. The third kappa shape index (κ3) is 1.79. The first-order valence-electron chi connectivity index (χ1n) is 5.16. The van der Waals surface area contributed by atoms with Crippen LogP contribution >= 0.6 is 23.2 Å². The molecule has 18 heavy (non-hydrogen) atoms. The molecular weight excluding hydrogens is 273 g/mol. The Morgan fingerprint density at radius 1 is 1.00 bits per heavy atom. The zero-order chi connectivity index (χ0) is 12.7. The molecule has 4 nitrogen and oxygen atoms in total. The first-order chi connectivity index (χ1) is 8.65. The van der Waals surface area contributed by atoms with E-state index in [0.717, 1.165) is 11.1 Å². The first kappa shape index (κ1) is 11.3. The molecule has 0 radical (unpaired) electrons. The van der Waals surface area contributed by atoms with E-state index in [9.17, 15) is 4.79 Å². The minimum atomic E-state index is -0.242. The Hall–Kier alpha value is -1.78. The molecule has 0 unspecified atom stereocenters. The van der Waals surface area contributed by atoms with Crippen molar-refractivity contribution in [1.29, 1.82) is 0 Å². The zero-order valence-corrected chi connectivity index (χ0v) is 10.5. The Kier molecular flexibility index (Phi) is 2.61. The van der Waals surface area contributed by atoms with Crippen LogP contribution in [-0.2, 0) is 0 Å². The normalized spacial score (nSPS) is 11.0. The van der Waals surface area contributed by atoms with Gasteiger partial charge < -0.3 is 9.97 Å². The molecule has 90 valence electrons. The molecule has 0 aliphatic carbocycles. The number of hydrogen-bond acceptors (Lipinski definition) is 2. The van der Waals surface area contributed by atoms with Gasteiger partial charge in [0.25, 0.3) is 0 Å². The number of aromatic nitrogens is 3. The topological polar surface area (TPSA) is 61.5 Å². The molecule has 0 bridgehead atoms. The maximum Gasteiger partial charge on any atom is 0.323 e. The lowest BCUT2D eigenvalue weighted by atomic mass is 10.1. The van der Waals surface area contributed by atoms with Crippen LogP contribution in [0.4, 0.5) is 0 Å². The number of nitrogens with one attached hydrogen (secondary N) is 2. The maximum absolute atomic E-state index is 11.2. The number of imidazole rings is 1. The van der Waals surface area contributed by atoms with Gasteiger partial charge in [-0.1, -0.05) is 29.3 Å². The van der Waals surface area contributed by atoms with Gasteiger partial charge in [0, 0.05) is 18.0 Å². The van der Waals surface area contributed by atoms with Crippen molar-refractivity contribution in [3.8, 4) is 11.1 Å². The Bertz CT molecular complexity index is 771. The van der Waals surface area contributed by atoms with Crippen molar-refractivity contribution in [2.24, 2.45) is 0 Å². The molecule has 0 atom stereocenters. The molecule has 1 aromatic carbocycles. The highest BCUT2D eigenvalue weighted by atomic mass is 35.5. The fourth-order valence-corrected chi connectivity index (χ4v) is 2.46. The highest BCUT2D eigenvalue weighted by molar-refractivity contribution is 6.39. The van der Waals surface area contributed by atoms with Crippen LogP contribution in [0.5, 0.6) is 0 Å². The lowest BCUT2D eigenvalue weighted by Crippen LogP contribution is -1.99. The van der Waals surface area contributed by atoms with Gasteiger partial charge in [0.1, 0.15) is 0 Å². The van der Waals surface area contributed by atoms with Gasteiger partial charge in [-0.05, 0) is 17.7 Å². The Balaban J connectivity index is 2.28. The van der Waals surface area contributed by atoms with Crippen LogP contribution in [0.15, 0.2) is 35.4 Å². The Labute approximate surface area is 112 Å². The summed E-state index contributed by atoms with van der Waals surface area (Å²) in [4.78, 5) is 20.5. The minimum absolute atomic E-state index is 0.242. The summed E-state index contributed by atoms with van der Waals surface area (Å²) in [5.74, 6) is 0. The van der Waals surface area contributed by atoms with Crippen LogP contribution < -0.4 is 5.69 Å². The third-order valence-corrected chi connectivity index (χ3v) is 3.23. The van der Waals surface area contributed by atoms with Gasteiger partial charge in [0.2, 0.25) is 0 Å². The number of pyridine rings is 1.